The molecule has 1 atom stereocenters. The summed E-state index contributed by atoms with van der Waals surface area (Å²) in [6, 6.07) is 8.22. The molecule has 0 aliphatic carbocycles. The van der Waals surface area contributed by atoms with Gasteiger partial charge in [-0.15, -0.1) is 0 Å². The zero-order valence-electron chi connectivity index (χ0n) is 9.98. The van der Waals surface area contributed by atoms with Crippen molar-refractivity contribution < 1.29 is 9.21 Å². The van der Waals surface area contributed by atoms with Crippen molar-refractivity contribution >= 4 is 29.0 Å². The first-order valence-electron chi connectivity index (χ1n) is 5.47. The van der Waals surface area contributed by atoms with Gasteiger partial charge in [-0.2, -0.15) is 5.26 Å². The monoisotopic (exact) mass is 293 g/mol. The number of ketones is 1. The molecule has 19 heavy (non-hydrogen) atoms. The fraction of sp³-hybridized carbons (Fsp3) is 0.143. The minimum atomic E-state index is -0.971. The molecule has 1 aromatic heterocycles. The summed E-state index contributed by atoms with van der Waals surface area (Å²) in [5.74, 6) is -0.825. The second kappa shape index (κ2) is 5.48. The average molecular weight is 294 g/mol. The molecule has 3 nitrogen and oxygen atoms in total. The van der Waals surface area contributed by atoms with E-state index in [1.54, 1.807) is 25.1 Å². The second-order valence-corrected chi connectivity index (χ2v) is 4.83. The van der Waals surface area contributed by atoms with E-state index in [0.29, 0.717) is 26.9 Å². The zero-order valence-corrected chi connectivity index (χ0v) is 11.5. The SMILES string of the molecule is Cc1occc1C(=O)C(C#N)c1ccc(Cl)cc1Cl. The number of aryl methyl sites for hydroxylation is 1. The van der Waals surface area contributed by atoms with Gasteiger partial charge >= 0.3 is 0 Å². The lowest BCUT2D eigenvalue weighted by atomic mass is 9.92. The fourth-order valence-corrected chi connectivity index (χ4v) is 2.32. The summed E-state index contributed by atoms with van der Waals surface area (Å²) < 4.78 is 5.08. The molecule has 0 saturated heterocycles. The van der Waals surface area contributed by atoms with Crippen LogP contribution in [-0.4, -0.2) is 5.78 Å². The summed E-state index contributed by atoms with van der Waals surface area (Å²) in [6.07, 6.45) is 1.42. The summed E-state index contributed by atoms with van der Waals surface area (Å²) in [5.41, 5.74) is 0.830. The summed E-state index contributed by atoms with van der Waals surface area (Å²) in [7, 11) is 0. The molecule has 0 saturated carbocycles. The first-order valence-corrected chi connectivity index (χ1v) is 6.23. The van der Waals surface area contributed by atoms with Gasteiger partial charge in [-0.25, -0.2) is 0 Å². The third-order valence-corrected chi connectivity index (χ3v) is 3.35. The number of halogens is 2. The van der Waals surface area contributed by atoms with Gasteiger partial charge in [-0.05, 0) is 30.7 Å². The Balaban J connectivity index is 2.44. The van der Waals surface area contributed by atoms with E-state index in [1.165, 1.54) is 12.3 Å². The summed E-state index contributed by atoms with van der Waals surface area (Å²) >= 11 is 11.8. The van der Waals surface area contributed by atoms with Gasteiger partial charge < -0.3 is 4.42 Å². The third-order valence-electron chi connectivity index (χ3n) is 2.79. The van der Waals surface area contributed by atoms with Crippen LogP contribution in [0.3, 0.4) is 0 Å². The van der Waals surface area contributed by atoms with Crippen molar-refractivity contribution in [2.24, 2.45) is 0 Å². The number of hydrogen-bond donors (Lipinski definition) is 0. The van der Waals surface area contributed by atoms with E-state index in [4.69, 9.17) is 27.6 Å². The molecule has 0 bridgehead atoms. The Labute approximate surface area is 120 Å². The molecule has 1 unspecified atom stereocenters. The molecule has 5 heteroatoms. The standard InChI is InChI=1S/C14H9Cl2NO2/c1-8-10(4-5-19-8)14(18)12(7-17)11-3-2-9(15)6-13(11)16/h2-6,12H,1H3. The molecule has 0 aliphatic rings. The van der Waals surface area contributed by atoms with Gasteiger partial charge in [0.15, 0.2) is 5.78 Å². The number of Topliss-reactive ketones (excluding diaryl/α,β-unsaturated/α-hetero) is 1. The minimum Gasteiger partial charge on any atom is -0.469 e. The quantitative estimate of drug-likeness (QED) is 0.789. The van der Waals surface area contributed by atoms with Crippen LogP contribution in [0.15, 0.2) is 34.9 Å². The maximum atomic E-state index is 12.3. The number of benzene rings is 1. The van der Waals surface area contributed by atoms with E-state index in [0.717, 1.165) is 0 Å². The minimum absolute atomic E-state index is 0.300. The van der Waals surface area contributed by atoms with Gasteiger partial charge in [0.25, 0.3) is 0 Å². The van der Waals surface area contributed by atoms with E-state index < -0.39 is 5.92 Å². The molecular formula is C14H9Cl2NO2. The van der Waals surface area contributed by atoms with Gasteiger partial charge in [0, 0.05) is 10.0 Å². The first kappa shape index (κ1) is 13.7. The normalized spacial score (nSPS) is 11.9. The third kappa shape index (κ3) is 2.65. The lowest BCUT2D eigenvalue weighted by Gasteiger charge is -2.10. The highest BCUT2D eigenvalue weighted by atomic mass is 35.5. The Morgan fingerprint density at radius 2 is 2.11 bits per heavy atom. The average Bonchev–Trinajstić information content (AvgIpc) is 2.78. The van der Waals surface area contributed by atoms with E-state index >= 15 is 0 Å². The van der Waals surface area contributed by atoms with Crippen molar-refractivity contribution in [1.29, 1.82) is 5.26 Å². The van der Waals surface area contributed by atoms with Crippen LogP contribution in [0.25, 0.3) is 0 Å². The Bertz CT molecular complexity index is 670. The second-order valence-electron chi connectivity index (χ2n) is 3.98. The highest BCUT2D eigenvalue weighted by molar-refractivity contribution is 6.35. The highest BCUT2D eigenvalue weighted by Crippen LogP contribution is 2.30. The molecular weight excluding hydrogens is 285 g/mol. The number of carbonyl (C=O) groups is 1. The summed E-state index contributed by atoms with van der Waals surface area (Å²) in [6.45, 7) is 1.67. The Kier molecular flexibility index (Phi) is 3.94. The fourth-order valence-electron chi connectivity index (χ4n) is 1.80. The number of rotatable bonds is 3. The number of carbonyl (C=O) groups excluding carboxylic acids is 1. The van der Waals surface area contributed by atoms with Gasteiger partial charge in [0.1, 0.15) is 11.7 Å². The van der Waals surface area contributed by atoms with E-state index in [2.05, 4.69) is 0 Å². The number of nitriles is 1. The maximum absolute atomic E-state index is 12.3. The van der Waals surface area contributed by atoms with Gasteiger partial charge in [-0.3, -0.25) is 4.79 Å². The molecule has 1 heterocycles. The Hall–Kier alpha value is -1.76. The predicted octanol–water partition coefficient (Wildman–Crippen LogP) is 4.38. The number of furan rings is 1. The van der Waals surface area contributed by atoms with Crippen LogP contribution in [0.5, 0.6) is 0 Å². The van der Waals surface area contributed by atoms with Crippen LogP contribution in [0.2, 0.25) is 10.0 Å². The van der Waals surface area contributed by atoms with Crippen molar-refractivity contribution in [3.8, 4) is 6.07 Å². The van der Waals surface area contributed by atoms with E-state index in [-0.39, 0.29) is 5.78 Å². The lowest BCUT2D eigenvalue weighted by molar-refractivity contribution is 0.0977. The van der Waals surface area contributed by atoms with E-state index in [1.807, 2.05) is 6.07 Å². The molecule has 2 aromatic rings. The summed E-state index contributed by atoms with van der Waals surface area (Å²) in [5, 5.41) is 10.00. The molecule has 0 aliphatic heterocycles. The van der Waals surface area contributed by atoms with Crippen molar-refractivity contribution in [3.05, 3.63) is 57.5 Å². The Morgan fingerprint density at radius 3 is 2.63 bits per heavy atom. The topological polar surface area (TPSA) is 54.0 Å². The van der Waals surface area contributed by atoms with Gasteiger partial charge in [-0.1, -0.05) is 29.3 Å². The van der Waals surface area contributed by atoms with Crippen LogP contribution in [-0.2, 0) is 0 Å². The van der Waals surface area contributed by atoms with Gasteiger partial charge in [0.05, 0.1) is 17.9 Å². The number of nitrogens with zero attached hydrogens (tertiary/aromatic N) is 1. The van der Waals surface area contributed by atoms with Crippen molar-refractivity contribution in [2.45, 2.75) is 12.8 Å². The molecule has 0 radical (unpaired) electrons. The molecule has 0 fully saturated rings. The lowest BCUT2D eigenvalue weighted by Crippen LogP contribution is -2.12. The predicted molar refractivity (Wildman–Crippen MR) is 72.6 cm³/mol. The largest absolute Gasteiger partial charge is 0.469 e. The van der Waals surface area contributed by atoms with Gasteiger partial charge in [0.2, 0.25) is 0 Å². The molecule has 0 amide bonds. The molecule has 0 spiro atoms. The highest BCUT2D eigenvalue weighted by Gasteiger charge is 2.26. The molecule has 96 valence electrons. The first-order chi connectivity index (χ1) is 9.04. The number of hydrogen-bond acceptors (Lipinski definition) is 3. The van der Waals surface area contributed by atoms with Crippen LogP contribution in [0.1, 0.15) is 27.6 Å². The maximum Gasteiger partial charge on any atom is 0.188 e. The van der Waals surface area contributed by atoms with Crippen molar-refractivity contribution in [3.63, 3.8) is 0 Å². The van der Waals surface area contributed by atoms with E-state index in [9.17, 15) is 10.1 Å². The zero-order chi connectivity index (χ0) is 14.0. The van der Waals surface area contributed by atoms with Crippen LogP contribution in [0, 0.1) is 18.3 Å². The van der Waals surface area contributed by atoms with Crippen LogP contribution < -0.4 is 0 Å². The Morgan fingerprint density at radius 1 is 1.37 bits per heavy atom. The van der Waals surface area contributed by atoms with Crippen molar-refractivity contribution in [1.82, 2.24) is 0 Å². The summed E-state index contributed by atoms with van der Waals surface area (Å²) in [4.78, 5) is 12.3. The molecule has 1 aromatic carbocycles. The smallest absolute Gasteiger partial charge is 0.188 e. The molecule has 2 rings (SSSR count). The molecule has 0 N–H and O–H groups in total. The van der Waals surface area contributed by atoms with Crippen molar-refractivity contribution in [2.75, 3.05) is 0 Å². The van der Waals surface area contributed by atoms with Crippen LogP contribution in [0.4, 0.5) is 0 Å². The van der Waals surface area contributed by atoms with Crippen LogP contribution >= 0.6 is 23.2 Å².